The number of para-hydroxylation sites is 1. The highest BCUT2D eigenvalue weighted by Crippen LogP contribution is 2.41. The van der Waals surface area contributed by atoms with Gasteiger partial charge in [0.05, 0.1) is 12.7 Å². The first kappa shape index (κ1) is 35.3. The van der Waals surface area contributed by atoms with Crippen molar-refractivity contribution in [1.82, 2.24) is 10.2 Å². The summed E-state index contributed by atoms with van der Waals surface area (Å²) in [5.41, 5.74) is 6.81. The normalized spacial score (nSPS) is 19.9. The molecule has 1 aliphatic heterocycles. The fourth-order valence-corrected chi connectivity index (χ4v) is 4.73. The van der Waals surface area contributed by atoms with E-state index in [0.29, 0.717) is 17.9 Å². The summed E-state index contributed by atoms with van der Waals surface area (Å²) >= 11 is 0. The van der Waals surface area contributed by atoms with Crippen LogP contribution in [0.5, 0.6) is 5.75 Å². The number of amides is 1. The van der Waals surface area contributed by atoms with Crippen LogP contribution in [-0.4, -0.2) is 57.9 Å². The van der Waals surface area contributed by atoms with Gasteiger partial charge in [-0.1, -0.05) is 70.2 Å². The first-order chi connectivity index (χ1) is 18.5. The van der Waals surface area contributed by atoms with Crippen LogP contribution in [0.15, 0.2) is 54.6 Å². The second kappa shape index (κ2) is 21.3. The molecule has 214 valence electrons. The van der Waals surface area contributed by atoms with Crippen LogP contribution in [0.3, 0.4) is 0 Å². The minimum atomic E-state index is -0.0635. The van der Waals surface area contributed by atoms with Crippen molar-refractivity contribution < 1.29 is 14.3 Å². The van der Waals surface area contributed by atoms with Crippen molar-refractivity contribution in [3.63, 3.8) is 0 Å². The number of rotatable bonds is 5. The Morgan fingerprint density at radius 2 is 1.53 bits per heavy atom. The lowest BCUT2D eigenvalue weighted by Crippen LogP contribution is -2.43. The molecule has 0 atom stereocenters. The molecule has 0 bridgehead atoms. The lowest BCUT2D eigenvalue weighted by Gasteiger charge is -2.40. The Morgan fingerprint density at radius 1 is 1.03 bits per heavy atom. The number of methoxy groups -OCH3 is 1. The monoisotopic (exact) mass is 527 g/mol. The molecule has 2 aromatic rings. The molecule has 0 unspecified atom stereocenters. The van der Waals surface area contributed by atoms with Gasteiger partial charge in [-0.15, -0.1) is 0 Å². The molecule has 1 heterocycles. The summed E-state index contributed by atoms with van der Waals surface area (Å²) in [4.78, 5) is 23.1. The first-order valence-electron chi connectivity index (χ1n) is 14.1. The highest BCUT2D eigenvalue weighted by Gasteiger charge is 2.36. The van der Waals surface area contributed by atoms with Crippen molar-refractivity contribution in [3.05, 3.63) is 65.7 Å². The number of ether oxygens (including phenoxy) is 1. The molecule has 1 saturated heterocycles. The Labute approximate surface area is 232 Å². The van der Waals surface area contributed by atoms with Crippen LogP contribution in [0.25, 0.3) is 0 Å². The lowest BCUT2D eigenvalue weighted by atomic mass is 9.67. The van der Waals surface area contributed by atoms with Gasteiger partial charge in [0.1, 0.15) is 12.5 Å². The molecule has 3 N–H and O–H groups in total. The number of carbonyl (C=O) groups excluding carboxylic acids is 2. The highest BCUT2D eigenvalue weighted by atomic mass is 16.5. The van der Waals surface area contributed by atoms with Crippen molar-refractivity contribution in [3.8, 4) is 5.75 Å². The van der Waals surface area contributed by atoms with Gasteiger partial charge in [-0.3, -0.25) is 4.79 Å². The molecule has 6 nitrogen and oxygen atoms in total. The molecular weight excluding hydrogens is 474 g/mol. The summed E-state index contributed by atoms with van der Waals surface area (Å²) in [5, 5.41) is 3.18. The van der Waals surface area contributed by atoms with Crippen LogP contribution >= 0.6 is 0 Å². The Hall–Kier alpha value is -2.70. The van der Waals surface area contributed by atoms with Gasteiger partial charge in [-0.2, -0.15) is 0 Å². The summed E-state index contributed by atoms with van der Waals surface area (Å²) in [6.07, 6.45) is 7.47. The molecule has 0 spiro atoms. The Bertz CT molecular complexity index is 846. The molecule has 4 rings (SSSR count). The third-order valence-electron chi connectivity index (χ3n) is 6.89. The van der Waals surface area contributed by atoms with Crippen LogP contribution in [0.2, 0.25) is 0 Å². The zero-order valence-electron chi connectivity index (χ0n) is 24.8. The molecule has 2 aromatic carbocycles. The Balaban J connectivity index is 0.000000880. The van der Waals surface area contributed by atoms with Crippen molar-refractivity contribution in [2.45, 2.75) is 71.6 Å². The number of nitrogens with two attached hydrogens (primary N) is 1. The Kier molecular flexibility index (Phi) is 19.7. The zero-order chi connectivity index (χ0) is 28.8. The van der Waals surface area contributed by atoms with Crippen molar-refractivity contribution in [2.24, 2.45) is 11.7 Å². The summed E-state index contributed by atoms with van der Waals surface area (Å²) in [7, 11) is 3.77. The average molecular weight is 528 g/mol. The van der Waals surface area contributed by atoms with Gasteiger partial charge in [0.15, 0.2) is 0 Å². The summed E-state index contributed by atoms with van der Waals surface area (Å²) < 4.78 is 5.32. The third kappa shape index (κ3) is 12.2. The van der Waals surface area contributed by atoms with Crippen LogP contribution in [0, 0.1) is 5.92 Å². The lowest BCUT2D eigenvalue weighted by molar-refractivity contribution is -0.0980. The quantitative estimate of drug-likeness (QED) is 0.491. The molecule has 2 fully saturated rings. The summed E-state index contributed by atoms with van der Waals surface area (Å²) in [6.45, 7) is 14.3. The summed E-state index contributed by atoms with van der Waals surface area (Å²) in [6, 6.07) is 18.0. The molecule has 1 amide bonds. The number of hydrogen-bond donors (Lipinski definition) is 2. The van der Waals surface area contributed by atoms with Gasteiger partial charge in [-0.25, -0.2) is 0 Å². The van der Waals surface area contributed by atoms with Crippen molar-refractivity contribution >= 4 is 12.7 Å². The van der Waals surface area contributed by atoms with Gasteiger partial charge in [0.25, 0.3) is 5.91 Å². The maximum Gasteiger partial charge on any atom is 0.255 e. The van der Waals surface area contributed by atoms with Gasteiger partial charge in [0, 0.05) is 12.0 Å². The number of likely N-dealkylation sites (tertiary alicyclic amines) is 1. The van der Waals surface area contributed by atoms with Gasteiger partial charge in [-0.05, 0) is 88.8 Å². The molecule has 2 aliphatic rings. The van der Waals surface area contributed by atoms with E-state index in [0.717, 1.165) is 25.3 Å². The predicted octanol–water partition coefficient (Wildman–Crippen LogP) is 6.09. The molecule has 6 heteroatoms. The van der Waals surface area contributed by atoms with E-state index in [1.807, 2.05) is 51.8 Å². The van der Waals surface area contributed by atoms with Gasteiger partial charge < -0.3 is 25.5 Å². The van der Waals surface area contributed by atoms with Crippen LogP contribution in [0.1, 0.15) is 82.1 Å². The molecule has 0 aromatic heterocycles. The molecule has 1 aliphatic carbocycles. The van der Waals surface area contributed by atoms with Gasteiger partial charge >= 0.3 is 0 Å². The topological polar surface area (TPSA) is 84.7 Å². The predicted molar refractivity (Wildman–Crippen MR) is 161 cm³/mol. The largest absolute Gasteiger partial charge is 0.496 e. The average Bonchev–Trinajstić information content (AvgIpc) is 3.47. The molecular formula is C32H53N3O3. The number of benzene rings is 2. The first-order valence-corrected chi connectivity index (χ1v) is 14.1. The van der Waals surface area contributed by atoms with Crippen LogP contribution in [0.4, 0.5) is 0 Å². The van der Waals surface area contributed by atoms with Crippen LogP contribution < -0.4 is 15.8 Å². The van der Waals surface area contributed by atoms with Crippen molar-refractivity contribution in [2.75, 3.05) is 40.3 Å². The highest BCUT2D eigenvalue weighted by molar-refractivity contribution is 5.96. The fourth-order valence-electron chi connectivity index (χ4n) is 4.73. The maximum atomic E-state index is 12.7. The van der Waals surface area contributed by atoms with Crippen molar-refractivity contribution in [1.29, 1.82) is 0 Å². The van der Waals surface area contributed by atoms with E-state index in [4.69, 9.17) is 15.3 Å². The SMILES string of the molecule is C=O.CC.CCN.CN1CCCC1.COc1ccccc1C(=O)NCC1(c2ccccc2)CCC(C)CC1. The van der Waals surface area contributed by atoms with E-state index in [1.54, 1.807) is 7.11 Å². The number of nitrogens with one attached hydrogen (secondary N) is 1. The number of hydrogen-bond acceptors (Lipinski definition) is 5. The standard InChI is InChI=1S/C22H27NO2.C5H11N.C2H7N.C2H6.CH2O/c1-17-12-14-22(15-13-17,18-8-4-3-5-9-18)16-23-21(24)19-10-6-7-11-20(19)25-2;1-6-4-2-3-5-6;1-2-3;2*1-2/h3-11,17H,12-16H2,1-2H3,(H,23,24);2-5H2,1H3;2-3H2,1H3;1-2H3;1H2. The van der Waals surface area contributed by atoms with E-state index < -0.39 is 0 Å². The molecule has 0 radical (unpaired) electrons. The Morgan fingerprint density at radius 3 is 2.00 bits per heavy atom. The zero-order valence-corrected chi connectivity index (χ0v) is 24.8. The van der Waals surface area contributed by atoms with E-state index in [9.17, 15) is 4.79 Å². The number of carbonyl (C=O) groups is 2. The smallest absolute Gasteiger partial charge is 0.255 e. The van der Waals surface area contributed by atoms with E-state index in [1.165, 1.54) is 44.3 Å². The minimum absolute atomic E-state index is 0.0332. The second-order valence-corrected chi connectivity index (χ2v) is 9.63. The van der Waals surface area contributed by atoms with Crippen LogP contribution in [-0.2, 0) is 10.2 Å². The van der Waals surface area contributed by atoms with E-state index in [-0.39, 0.29) is 11.3 Å². The second-order valence-electron chi connectivity index (χ2n) is 9.63. The van der Waals surface area contributed by atoms with E-state index in [2.05, 4.69) is 54.5 Å². The fraction of sp³-hybridized carbons (Fsp3) is 0.562. The number of nitrogens with zero attached hydrogens (tertiary/aromatic N) is 1. The molecule has 1 saturated carbocycles. The van der Waals surface area contributed by atoms with Gasteiger partial charge in [0.2, 0.25) is 0 Å². The third-order valence-corrected chi connectivity index (χ3v) is 6.89. The van der Waals surface area contributed by atoms with E-state index >= 15 is 0 Å². The summed E-state index contributed by atoms with van der Waals surface area (Å²) in [5.74, 6) is 1.32. The maximum absolute atomic E-state index is 12.7. The molecule has 38 heavy (non-hydrogen) atoms. The minimum Gasteiger partial charge on any atom is -0.496 e.